The SMILES string of the molecule is O=C(OCc1ccccc1)[N+]12CCOC1C2.O=CO. The van der Waals surface area contributed by atoms with E-state index in [1.54, 1.807) is 0 Å². The van der Waals surface area contributed by atoms with Crippen LogP contribution in [-0.2, 0) is 20.9 Å². The molecule has 2 aliphatic rings. The fourth-order valence-electron chi connectivity index (χ4n) is 2.15. The van der Waals surface area contributed by atoms with E-state index in [-0.39, 0.29) is 18.8 Å². The van der Waals surface area contributed by atoms with Crippen LogP contribution in [0.2, 0.25) is 0 Å². The van der Waals surface area contributed by atoms with Gasteiger partial charge < -0.3 is 14.6 Å². The second kappa shape index (κ2) is 5.81. The van der Waals surface area contributed by atoms with E-state index < -0.39 is 0 Å². The van der Waals surface area contributed by atoms with Gasteiger partial charge in [-0.25, -0.2) is 0 Å². The molecular weight excluding hydrogens is 250 g/mol. The number of rotatable bonds is 2. The van der Waals surface area contributed by atoms with Gasteiger partial charge in [0.1, 0.15) is 19.8 Å². The molecule has 0 radical (unpaired) electrons. The third-order valence-corrected chi connectivity index (χ3v) is 3.27. The van der Waals surface area contributed by atoms with Crippen molar-refractivity contribution in [1.29, 1.82) is 0 Å². The Labute approximate surface area is 110 Å². The summed E-state index contributed by atoms with van der Waals surface area (Å²) in [6.07, 6.45) is -0.0744. The minimum absolute atomic E-state index is 0.0725. The summed E-state index contributed by atoms with van der Waals surface area (Å²) in [6, 6.07) is 9.73. The summed E-state index contributed by atoms with van der Waals surface area (Å²) in [5.41, 5.74) is 1.02. The third kappa shape index (κ3) is 2.91. The highest BCUT2D eigenvalue weighted by molar-refractivity contribution is 5.61. The highest BCUT2D eigenvalue weighted by Gasteiger charge is 2.67. The number of hydrogen-bond acceptors (Lipinski definition) is 4. The van der Waals surface area contributed by atoms with Crippen molar-refractivity contribution in [3.8, 4) is 0 Å². The van der Waals surface area contributed by atoms with Crippen LogP contribution < -0.4 is 0 Å². The van der Waals surface area contributed by atoms with Crippen LogP contribution in [0.3, 0.4) is 0 Å². The van der Waals surface area contributed by atoms with E-state index in [0.29, 0.717) is 17.7 Å². The quantitative estimate of drug-likeness (QED) is 0.495. The van der Waals surface area contributed by atoms with Crippen molar-refractivity contribution < 1.29 is 28.7 Å². The van der Waals surface area contributed by atoms with Crippen LogP contribution in [0.25, 0.3) is 0 Å². The average Bonchev–Trinajstić information content (AvgIpc) is 3.00. The fourth-order valence-corrected chi connectivity index (χ4v) is 2.15. The number of carbonyl (C=O) groups excluding carboxylic acids is 1. The van der Waals surface area contributed by atoms with Crippen molar-refractivity contribution in [3.63, 3.8) is 0 Å². The number of hydrogen-bond donors (Lipinski definition) is 1. The van der Waals surface area contributed by atoms with Gasteiger partial charge in [0.15, 0.2) is 6.54 Å². The molecule has 1 aromatic carbocycles. The fraction of sp³-hybridized carbons (Fsp3) is 0.385. The van der Waals surface area contributed by atoms with Crippen LogP contribution in [-0.4, -0.2) is 48.1 Å². The Hall–Kier alpha value is -1.92. The van der Waals surface area contributed by atoms with Gasteiger partial charge in [-0.2, -0.15) is 9.28 Å². The standard InChI is InChI=1S/C12H14NO3.CH2O2/c14-12(13-6-7-15-11(13)8-13)16-9-10-4-2-1-3-5-10;2-1-3/h1-5,11H,6-9H2;1H,(H,2,3)/q+1;. The number of quaternary nitrogens is 1. The largest absolute Gasteiger partial charge is 0.519 e. The zero-order valence-corrected chi connectivity index (χ0v) is 10.4. The van der Waals surface area contributed by atoms with E-state index in [9.17, 15) is 4.79 Å². The van der Waals surface area contributed by atoms with Crippen molar-refractivity contribution in [2.75, 3.05) is 19.7 Å². The second-order valence-electron chi connectivity index (χ2n) is 4.41. The molecular formula is C13H16NO5+. The molecule has 2 atom stereocenters. The lowest BCUT2D eigenvalue weighted by Gasteiger charge is -2.10. The molecule has 0 spiro atoms. The van der Waals surface area contributed by atoms with Gasteiger partial charge in [0, 0.05) is 0 Å². The molecule has 0 saturated carbocycles. The van der Waals surface area contributed by atoms with E-state index in [2.05, 4.69) is 0 Å². The molecule has 0 aliphatic carbocycles. The Morgan fingerprint density at radius 3 is 2.68 bits per heavy atom. The minimum atomic E-state index is -0.250. The first-order chi connectivity index (χ1) is 9.23. The summed E-state index contributed by atoms with van der Waals surface area (Å²) in [5, 5.41) is 6.89. The molecule has 2 unspecified atom stereocenters. The van der Waals surface area contributed by atoms with Gasteiger partial charge in [-0.3, -0.25) is 4.79 Å². The molecule has 6 heteroatoms. The number of amides is 1. The molecule has 1 aromatic rings. The van der Waals surface area contributed by atoms with Gasteiger partial charge >= 0.3 is 6.09 Å². The van der Waals surface area contributed by atoms with Crippen molar-refractivity contribution in [2.45, 2.75) is 12.8 Å². The van der Waals surface area contributed by atoms with Crippen LogP contribution in [0.1, 0.15) is 5.56 Å². The predicted octanol–water partition coefficient (Wildman–Crippen LogP) is 1.21. The normalized spacial score (nSPS) is 26.6. The number of carbonyl (C=O) groups is 2. The van der Waals surface area contributed by atoms with Crippen LogP contribution in [0, 0.1) is 0 Å². The lowest BCUT2D eigenvalue weighted by atomic mass is 10.2. The average molecular weight is 266 g/mol. The molecule has 1 amide bonds. The highest BCUT2D eigenvalue weighted by atomic mass is 16.6. The Balaban J connectivity index is 0.000000408. The maximum absolute atomic E-state index is 11.9. The predicted molar refractivity (Wildman–Crippen MR) is 65.1 cm³/mol. The maximum atomic E-state index is 11.9. The van der Waals surface area contributed by atoms with Crippen LogP contribution in [0.15, 0.2) is 30.3 Å². The maximum Gasteiger partial charge on any atom is 0.519 e. The van der Waals surface area contributed by atoms with Gasteiger partial charge in [0.05, 0.1) is 0 Å². The molecule has 0 aromatic heterocycles. The van der Waals surface area contributed by atoms with Crippen molar-refractivity contribution in [2.24, 2.45) is 0 Å². The molecule has 6 nitrogen and oxygen atoms in total. The topological polar surface area (TPSA) is 72.8 Å². The van der Waals surface area contributed by atoms with Crippen LogP contribution in [0.5, 0.6) is 0 Å². The Kier molecular flexibility index (Phi) is 4.13. The van der Waals surface area contributed by atoms with Crippen molar-refractivity contribution in [3.05, 3.63) is 35.9 Å². The van der Waals surface area contributed by atoms with Gasteiger partial charge in [0.2, 0.25) is 0 Å². The number of ether oxygens (including phenoxy) is 2. The van der Waals surface area contributed by atoms with Crippen LogP contribution >= 0.6 is 0 Å². The van der Waals surface area contributed by atoms with Crippen molar-refractivity contribution in [1.82, 2.24) is 0 Å². The van der Waals surface area contributed by atoms with Crippen molar-refractivity contribution >= 4 is 12.6 Å². The molecule has 2 heterocycles. The number of benzene rings is 1. The summed E-state index contributed by atoms with van der Waals surface area (Å²) in [5.74, 6) is 0. The second-order valence-corrected chi connectivity index (χ2v) is 4.41. The Bertz CT molecular complexity index is 450. The van der Waals surface area contributed by atoms with Gasteiger partial charge in [-0.15, -0.1) is 0 Å². The summed E-state index contributed by atoms with van der Waals surface area (Å²) in [6.45, 7) is 2.32. The molecule has 3 rings (SSSR count). The monoisotopic (exact) mass is 266 g/mol. The molecule has 1 N–H and O–H groups in total. The number of fused-ring (bicyclic) bond motifs is 1. The first-order valence-corrected chi connectivity index (χ1v) is 6.00. The van der Waals surface area contributed by atoms with Crippen LogP contribution in [0.4, 0.5) is 4.79 Å². The Morgan fingerprint density at radius 1 is 1.47 bits per heavy atom. The van der Waals surface area contributed by atoms with Gasteiger partial charge in [0.25, 0.3) is 12.7 Å². The lowest BCUT2D eigenvalue weighted by molar-refractivity contribution is -0.731. The first-order valence-electron chi connectivity index (χ1n) is 6.00. The molecule has 2 saturated heterocycles. The number of carboxylic acid groups (broad SMARTS) is 1. The van der Waals surface area contributed by atoms with E-state index >= 15 is 0 Å². The van der Waals surface area contributed by atoms with E-state index in [0.717, 1.165) is 18.7 Å². The molecule has 0 bridgehead atoms. The summed E-state index contributed by atoms with van der Waals surface area (Å²) in [7, 11) is 0. The smallest absolute Gasteiger partial charge is 0.483 e. The van der Waals surface area contributed by atoms with E-state index in [1.807, 2.05) is 30.3 Å². The molecule has 102 valence electrons. The molecule has 19 heavy (non-hydrogen) atoms. The number of nitrogens with zero attached hydrogens (tertiary/aromatic N) is 1. The molecule has 2 aliphatic heterocycles. The minimum Gasteiger partial charge on any atom is -0.483 e. The summed E-state index contributed by atoms with van der Waals surface area (Å²) < 4.78 is 11.1. The lowest BCUT2D eigenvalue weighted by Crippen LogP contribution is -2.34. The summed E-state index contributed by atoms with van der Waals surface area (Å²) >= 11 is 0. The van der Waals surface area contributed by atoms with E-state index in [1.165, 1.54) is 0 Å². The zero-order chi connectivity index (χ0) is 13.7. The van der Waals surface area contributed by atoms with Gasteiger partial charge in [-0.05, 0) is 5.56 Å². The highest BCUT2D eigenvalue weighted by Crippen LogP contribution is 2.37. The third-order valence-electron chi connectivity index (χ3n) is 3.27. The summed E-state index contributed by atoms with van der Waals surface area (Å²) in [4.78, 5) is 20.2. The van der Waals surface area contributed by atoms with E-state index in [4.69, 9.17) is 19.4 Å². The van der Waals surface area contributed by atoms with Gasteiger partial charge in [-0.1, -0.05) is 30.3 Å². The Morgan fingerprint density at radius 2 is 2.16 bits per heavy atom. The zero-order valence-electron chi connectivity index (χ0n) is 10.4. The molecule has 2 fully saturated rings. The first kappa shape index (κ1) is 13.5. The number of morpholine rings is 1.